The van der Waals surface area contributed by atoms with Crippen LogP contribution in [0.15, 0.2) is 40.3 Å². The van der Waals surface area contributed by atoms with Crippen LogP contribution in [-0.4, -0.2) is 29.6 Å². The smallest absolute Gasteiger partial charge is 0.331 e. The number of carbonyl (C=O) groups is 1. The van der Waals surface area contributed by atoms with Crippen molar-refractivity contribution in [2.24, 2.45) is 14.1 Å². The van der Waals surface area contributed by atoms with E-state index in [-0.39, 0.29) is 12.2 Å². The van der Waals surface area contributed by atoms with Crippen LogP contribution in [0.3, 0.4) is 0 Å². The Hall–Kier alpha value is -3.23. The third-order valence-electron chi connectivity index (χ3n) is 3.55. The minimum absolute atomic E-state index is 0.00235. The van der Waals surface area contributed by atoms with Crippen LogP contribution >= 0.6 is 0 Å². The number of fused-ring (bicyclic) bond motifs is 1. The van der Waals surface area contributed by atoms with Gasteiger partial charge in [0.05, 0.1) is 6.20 Å². The Kier molecular flexibility index (Phi) is 3.53. The van der Waals surface area contributed by atoms with E-state index in [1.54, 1.807) is 29.2 Å². The molecule has 0 atom stereocenters. The largest absolute Gasteiger partial charge is 0.346 e. The summed E-state index contributed by atoms with van der Waals surface area (Å²) in [5.74, 6) is -0.516. The van der Waals surface area contributed by atoms with Crippen molar-refractivity contribution in [1.82, 2.24) is 29.0 Å². The van der Waals surface area contributed by atoms with E-state index in [1.807, 2.05) is 0 Å². The predicted molar refractivity (Wildman–Crippen MR) is 81.1 cm³/mol. The van der Waals surface area contributed by atoms with Crippen LogP contribution in [0.2, 0.25) is 0 Å². The summed E-state index contributed by atoms with van der Waals surface area (Å²) < 4.78 is 3.66. The molecular formula is C14H14N6O3. The number of aromatic nitrogens is 5. The maximum Gasteiger partial charge on any atom is 0.331 e. The summed E-state index contributed by atoms with van der Waals surface area (Å²) in [6.07, 6.45) is 4.98. The van der Waals surface area contributed by atoms with Crippen molar-refractivity contribution in [3.63, 3.8) is 0 Å². The molecule has 3 heterocycles. The Morgan fingerprint density at radius 2 is 2.04 bits per heavy atom. The summed E-state index contributed by atoms with van der Waals surface area (Å²) in [6, 6.07) is 2.88. The van der Waals surface area contributed by atoms with Gasteiger partial charge in [0.2, 0.25) is 0 Å². The average Bonchev–Trinajstić information content (AvgIpc) is 2.97. The number of carbonyl (C=O) groups excluding carboxylic acids is 1. The molecule has 1 N–H and O–H groups in total. The van der Waals surface area contributed by atoms with Crippen LogP contribution in [0.1, 0.15) is 16.1 Å². The second-order valence-corrected chi connectivity index (χ2v) is 5.01. The highest BCUT2D eigenvalue weighted by Gasteiger charge is 2.14. The van der Waals surface area contributed by atoms with Gasteiger partial charge in [-0.15, -0.1) is 0 Å². The molecule has 0 saturated carbocycles. The maximum absolute atomic E-state index is 12.2. The van der Waals surface area contributed by atoms with Crippen LogP contribution in [-0.2, 0) is 20.6 Å². The quantitative estimate of drug-likeness (QED) is 0.672. The van der Waals surface area contributed by atoms with Crippen molar-refractivity contribution in [1.29, 1.82) is 0 Å². The fourth-order valence-corrected chi connectivity index (χ4v) is 2.22. The molecule has 3 aromatic heterocycles. The third-order valence-corrected chi connectivity index (χ3v) is 3.55. The van der Waals surface area contributed by atoms with Gasteiger partial charge in [0.25, 0.3) is 11.5 Å². The van der Waals surface area contributed by atoms with E-state index in [0.717, 1.165) is 20.8 Å². The van der Waals surface area contributed by atoms with Crippen molar-refractivity contribution in [3.05, 3.63) is 62.8 Å². The molecule has 0 spiro atoms. The molecule has 0 bridgehead atoms. The fourth-order valence-electron chi connectivity index (χ4n) is 2.22. The molecule has 0 aromatic carbocycles. The predicted octanol–water partition coefficient (Wildman–Crippen LogP) is -0.943. The van der Waals surface area contributed by atoms with Crippen LogP contribution in [0, 0.1) is 0 Å². The standard InChI is InChI=1S/C14H14N6O3/c1-18-10(6-11(21)19(2)14(18)23)13(22)16-7-9-8-17-20-5-3-4-15-12(9)20/h3-6,8H,7H2,1-2H3,(H,16,22). The summed E-state index contributed by atoms with van der Waals surface area (Å²) in [7, 11) is 2.80. The van der Waals surface area contributed by atoms with Crippen molar-refractivity contribution < 1.29 is 4.79 Å². The molecule has 9 nitrogen and oxygen atoms in total. The second-order valence-electron chi connectivity index (χ2n) is 5.01. The molecule has 0 unspecified atom stereocenters. The zero-order valence-electron chi connectivity index (χ0n) is 12.6. The van der Waals surface area contributed by atoms with E-state index in [9.17, 15) is 14.4 Å². The maximum atomic E-state index is 12.2. The number of amides is 1. The molecule has 0 fully saturated rings. The number of rotatable bonds is 3. The summed E-state index contributed by atoms with van der Waals surface area (Å²) in [5.41, 5.74) is 0.275. The first-order valence-corrected chi connectivity index (χ1v) is 6.81. The van der Waals surface area contributed by atoms with E-state index in [1.165, 1.54) is 14.1 Å². The topological polar surface area (TPSA) is 103 Å². The van der Waals surface area contributed by atoms with Crippen molar-refractivity contribution in [2.45, 2.75) is 6.54 Å². The Labute approximate surface area is 129 Å². The summed E-state index contributed by atoms with van der Waals surface area (Å²) in [6.45, 7) is 0.183. The number of nitrogens with zero attached hydrogens (tertiary/aromatic N) is 5. The summed E-state index contributed by atoms with van der Waals surface area (Å²) in [5, 5.41) is 6.79. The minimum Gasteiger partial charge on any atom is -0.346 e. The second kappa shape index (κ2) is 5.52. The third kappa shape index (κ3) is 2.52. The van der Waals surface area contributed by atoms with Gasteiger partial charge in [-0.05, 0) is 6.07 Å². The Morgan fingerprint density at radius 1 is 1.26 bits per heavy atom. The van der Waals surface area contributed by atoms with Gasteiger partial charge >= 0.3 is 5.69 Å². The average molecular weight is 314 g/mol. The molecular weight excluding hydrogens is 300 g/mol. The van der Waals surface area contributed by atoms with Gasteiger partial charge in [-0.25, -0.2) is 14.3 Å². The van der Waals surface area contributed by atoms with Crippen LogP contribution in [0.4, 0.5) is 0 Å². The first-order chi connectivity index (χ1) is 11.0. The summed E-state index contributed by atoms with van der Waals surface area (Å²) in [4.78, 5) is 40.0. The van der Waals surface area contributed by atoms with Gasteiger partial charge in [-0.1, -0.05) is 0 Å². The molecule has 0 saturated heterocycles. The Balaban J connectivity index is 1.86. The Morgan fingerprint density at radius 3 is 2.83 bits per heavy atom. The van der Waals surface area contributed by atoms with Gasteiger partial charge in [0, 0.05) is 44.7 Å². The highest BCUT2D eigenvalue weighted by atomic mass is 16.2. The highest BCUT2D eigenvalue weighted by molar-refractivity contribution is 5.92. The molecule has 3 rings (SSSR count). The molecule has 1 amide bonds. The van der Waals surface area contributed by atoms with Gasteiger partial charge in [-0.3, -0.25) is 18.7 Å². The van der Waals surface area contributed by atoms with Crippen molar-refractivity contribution in [3.8, 4) is 0 Å². The van der Waals surface area contributed by atoms with Crippen LogP contribution in [0.25, 0.3) is 5.65 Å². The SMILES string of the molecule is Cn1c(C(=O)NCc2cnn3cccnc23)cc(=O)n(C)c1=O. The number of hydrogen-bond donors (Lipinski definition) is 1. The van der Waals surface area contributed by atoms with Gasteiger partial charge in [-0.2, -0.15) is 5.10 Å². The van der Waals surface area contributed by atoms with Crippen LogP contribution < -0.4 is 16.6 Å². The Bertz CT molecular complexity index is 1010. The molecule has 0 aliphatic heterocycles. The van der Waals surface area contributed by atoms with E-state index < -0.39 is 17.2 Å². The molecule has 23 heavy (non-hydrogen) atoms. The highest BCUT2D eigenvalue weighted by Crippen LogP contribution is 2.06. The number of nitrogens with one attached hydrogen (secondary N) is 1. The minimum atomic E-state index is -0.555. The monoisotopic (exact) mass is 314 g/mol. The van der Waals surface area contributed by atoms with E-state index in [0.29, 0.717) is 5.65 Å². The zero-order valence-corrected chi connectivity index (χ0v) is 12.6. The van der Waals surface area contributed by atoms with Gasteiger partial charge in [0.15, 0.2) is 5.65 Å². The molecule has 0 aliphatic carbocycles. The normalized spacial score (nSPS) is 10.9. The first-order valence-electron chi connectivity index (χ1n) is 6.81. The van der Waals surface area contributed by atoms with Crippen molar-refractivity contribution >= 4 is 11.6 Å². The van der Waals surface area contributed by atoms with E-state index in [2.05, 4.69) is 15.4 Å². The lowest BCUT2D eigenvalue weighted by Gasteiger charge is -2.09. The molecule has 9 heteroatoms. The van der Waals surface area contributed by atoms with E-state index in [4.69, 9.17) is 0 Å². The summed E-state index contributed by atoms with van der Waals surface area (Å²) >= 11 is 0. The zero-order chi connectivity index (χ0) is 16.6. The van der Waals surface area contributed by atoms with Crippen LogP contribution in [0.5, 0.6) is 0 Å². The van der Waals surface area contributed by atoms with Gasteiger partial charge in [0.1, 0.15) is 5.69 Å². The molecule has 0 aliphatic rings. The lowest BCUT2D eigenvalue weighted by molar-refractivity contribution is 0.0940. The first kappa shape index (κ1) is 14.7. The lowest BCUT2D eigenvalue weighted by Crippen LogP contribution is -2.41. The number of hydrogen-bond acceptors (Lipinski definition) is 5. The fraction of sp³-hybridized carbons (Fsp3) is 0.214. The lowest BCUT2D eigenvalue weighted by atomic mass is 10.3. The molecule has 118 valence electrons. The van der Waals surface area contributed by atoms with Gasteiger partial charge < -0.3 is 5.32 Å². The molecule has 0 radical (unpaired) electrons. The van der Waals surface area contributed by atoms with E-state index >= 15 is 0 Å². The van der Waals surface area contributed by atoms with Crippen molar-refractivity contribution in [2.75, 3.05) is 0 Å². The molecule has 3 aromatic rings.